The standard InChI is InChI=1S/C10H12F3NO/c1-15-6-7-4-2-3-5-8(7)9(14)10(11,12)13/h2-5,9H,6,14H2,1H3. The van der Waals surface area contributed by atoms with Crippen LogP contribution in [-0.4, -0.2) is 13.3 Å². The Bertz CT molecular complexity index is 325. The van der Waals surface area contributed by atoms with E-state index in [9.17, 15) is 13.2 Å². The summed E-state index contributed by atoms with van der Waals surface area (Å²) in [6.45, 7) is 0.125. The van der Waals surface area contributed by atoms with E-state index >= 15 is 0 Å². The zero-order valence-corrected chi connectivity index (χ0v) is 8.21. The van der Waals surface area contributed by atoms with E-state index in [0.29, 0.717) is 5.56 Å². The van der Waals surface area contributed by atoms with Gasteiger partial charge in [0.05, 0.1) is 6.61 Å². The molecule has 5 heteroatoms. The first-order valence-electron chi connectivity index (χ1n) is 4.36. The summed E-state index contributed by atoms with van der Waals surface area (Å²) in [5, 5.41) is 0. The molecular weight excluding hydrogens is 207 g/mol. The summed E-state index contributed by atoms with van der Waals surface area (Å²) in [6, 6.07) is 4.17. The van der Waals surface area contributed by atoms with Crippen LogP contribution >= 0.6 is 0 Å². The van der Waals surface area contributed by atoms with Crippen molar-refractivity contribution in [2.24, 2.45) is 5.73 Å². The van der Waals surface area contributed by atoms with Gasteiger partial charge in [-0.15, -0.1) is 0 Å². The SMILES string of the molecule is COCc1ccccc1C(N)C(F)(F)F. The molecule has 0 bridgehead atoms. The molecule has 1 atom stereocenters. The van der Waals surface area contributed by atoms with Gasteiger partial charge in [-0.05, 0) is 11.1 Å². The van der Waals surface area contributed by atoms with Gasteiger partial charge in [0, 0.05) is 7.11 Å². The molecule has 84 valence electrons. The Morgan fingerprint density at radius 1 is 1.33 bits per heavy atom. The fraction of sp³-hybridized carbons (Fsp3) is 0.400. The minimum atomic E-state index is -4.43. The minimum absolute atomic E-state index is 0.0619. The number of hydrogen-bond donors (Lipinski definition) is 1. The van der Waals surface area contributed by atoms with Crippen LogP contribution in [-0.2, 0) is 11.3 Å². The van der Waals surface area contributed by atoms with Gasteiger partial charge in [-0.25, -0.2) is 0 Å². The number of hydrogen-bond acceptors (Lipinski definition) is 2. The van der Waals surface area contributed by atoms with Gasteiger partial charge in [-0.1, -0.05) is 24.3 Å². The molecule has 2 N–H and O–H groups in total. The minimum Gasteiger partial charge on any atom is -0.380 e. The number of benzene rings is 1. The van der Waals surface area contributed by atoms with Gasteiger partial charge >= 0.3 is 6.18 Å². The molecule has 0 aliphatic carbocycles. The topological polar surface area (TPSA) is 35.2 Å². The lowest BCUT2D eigenvalue weighted by molar-refractivity contribution is -0.149. The first-order chi connectivity index (χ1) is 6.96. The fourth-order valence-corrected chi connectivity index (χ4v) is 1.30. The normalized spacial score (nSPS) is 13.9. The zero-order valence-electron chi connectivity index (χ0n) is 8.21. The molecule has 0 fully saturated rings. The molecule has 0 heterocycles. The maximum Gasteiger partial charge on any atom is 0.407 e. The molecule has 0 spiro atoms. The van der Waals surface area contributed by atoms with Gasteiger partial charge in [-0.2, -0.15) is 13.2 Å². The highest BCUT2D eigenvalue weighted by atomic mass is 19.4. The fourth-order valence-electron chi connectivity index (χ4n) is 1.30. The van der Waals surface area contributed by atoms with Crippen molar-refractivity contribution in [3.05, 3.63) is 35.4 Å². The van der Waals surface area contributed by atoms with Crippen LogP contribution < -0.4 is 5.73 Å². The molecule has 15 heavy (non-hydrogen) atoms. The first kappa shape index (κ1) is 12.0. The van der Waals surface area contributed by atoms with Gasteiger partial charge in [0.1, 0.15) is 6.04 Å². The number of ether oxygens (including phenoxy) is 1. The van der Waals surface area contributed by atoms with E-state index in [1.165, 1.54) is 19.2 Å². The Labute approximate surface area is 85.8 Å². The summed E-state index contributed by atoms with van der Waals surface area (Å²) in [4.78, 5) is 0. The summed E-state index contributed by atoms with van der Waals surface area (Å²) in [6.07, 6.45) is -4.43. The highest BCUT2D eigenvalue weighted by Crippen LogP contribution is 2.32. The van der Waals surface area contributed by atoms with Crippen molar-refractivity contribution in [1.29, 1.82) is 0 Å². The smallest absolute Gasteiger partial charge is 0.380 e. The van der Waals surface area contributed by atoms with Gasteiger partial charge < -0.3 is 10.5 Å². The lowest BCUT2D eigenvalue weighted by atomic mass is 10.0. The van der Waals surface area contributed by atoms with Crippen molar-refractivity contribution >= 4 is 0 Å². The molecule has 1 unspecified atom stereocenters. The van der Waals surface area contributed by atoms with E-state index in [4.69, 9.17) is 10.5 Å². The lowest BCUT2D eigenvalue weighted by Gasteiger charge is -2.18. The second kappa shape index (κ2) is 4.63. The number of halogens is 3. The lowest BCUT2D eigenvalue weighted by Crippen LogP contribution is -2.29. The Morgan fingerprint density at radius 2 is 1.93 bits per heavy atom. The molecule has 0 aliphatic heterocycles. The van der Waals surface area contributed by atoms with Crippen LogP contribution in [0.2, 0.25) is 0 Å². The van der Waals surface area contributed by atoms with Crippen molar-refractivity contribution in [1.82, 2.24) is 0 Å². The van der Waals surface area contributed by atoms with E-state index in [-0.39, 0.29) is 12.2 Å². The van der Waals surface area contributed by atoms with Gasteiger partial charge in [0.15, 0.2) is 0 Å². The molecule has 0 radical (unpaired) electrons. The third kappa shape index (κ3) is 2.94. The maximum atomic E-state index is 12.4. The summed E-state index contributed by atoms with van der Waals surface area (Å²) >= 11 is 0. The average Bonchev–Trinajstić information content (AvgIpc) is 2.17. The van der Waals surface area contributed by atoms with Crippen molar-refractivity contribution in [3.8, 4) is 0 Å². The second-order valence-electron chi connectivity index (χ2n) is 3.15. The summed E-state index contributed by atoms with van der Waals surface area (Å²) in [5.74, 6) is 0. The second-order valence-corrected chi connectivity index (χ2v) is 3.15. The molecule has 2 nitrogen and oxygen atoms in total. The quantitative estimate of drug-likeness (QED) is 0.847. The predicted octanol–water partition coefficient (Wildman–Crippen LogP) is 2.40. The van der Waals surface area contributed by atoms with Gasteiger partial charge in [0.25, 0.3) is 0 Å². The van der Waals surface area contributed by atoms with Crippen molar-refractivity contribution in [2.75, 3.05) is 7.11 Å². The number of nitrogens with two attached hydrogens (primary N) is 1. The van der Waals surface area contributed by atoms with Gasteiger partial charge in [-0.3, -0.25) is 0 Å². The Hall–Kier alpha value is -1.07. The molecule has 1 rings (SSSR count). The van der Waals surface area contributed by atoms with Gasteiger partial charge in [0.2, 0.25) is 0 Å². The Kier molecular flexibility index (Phi) is 3.71. The highest BCUT2D eigenvalue weighted by molar-refractivity contribution is 5.30. The average molecular weight is 219 g/mol. The van der Waals surface area contributed by atoms with Crippen LogP contribution in [0.5, 0.6) is 0 Å². The third-order valence-electron chi connectivity index (χ3n) is 2.04. The third-order valence-corrected chi connectivity index (χ3v) is 2.04. The van der Waals surface area contributed by atoms with Crippen LogP contribution in [0.15, 0.2) is 24.3 Å². The Morgan fingerprint density at radius 3 is 2.47 bits per heavy atom. The first-order valence-corrected chi connectivity index (χ1v) is 4.36. The van der Waals surface area contributed by atoms with Crippen LogP contribution in [0, 0.1) is 0 Å². The predicted molar refractivity (Wildman–Crippen MR) is 50.1 cm³/mol. The number of alkyl halides is 3. The summed E-state index contributed by atoms with van der Waals surface area (Å²) < 4.78 is 42.0. The number of rotatable bonds is 3. The number of methoxy groups -OCH3 is 1. The largest absolute Gasteiger partial charge is 0.407 e. The van der Waals surface area contributed by atoms with Crippen LogP contribution in [0.4, 0.5) is 13.2 Å². The summed E-state index contributed by atoms with van der Waals surface area (Å²) in [7, 11) is 1.43. The molecule has 1 aromatic carbocycles. The summed E-state index contributed by atoms with van der Waals surface area (Å²) in [5.41, 5.74) is 5.65. The molecule has 0 saturated carbocycles. The molecule has 0 saturated heterocycles. The molecule has 0 aliphatic rings. The van der Waals surface area contributed by atoms with Crippen molar-refractivity contribution in [3.63, 3.8) is 0 Å². The molecule has 1 aromatic rings. The molecule has 0 amide bonds. The van der Waals surface area contributed by atoms with E-state index in [1.807, 2.05) is 0 Å². The highest BCUT2D eigenvalue weighted by Gasteiger charge is 2.38. The zero-order chi connectivity index (χ0) is 11.5. The van der Waals surface area contributed by atoms with E-state index in [2.05, 4.69) is 0 Å². The van der Waals surface area contributed by atoms with Crippen LogP contribution in [0.25, 0.3) is 0 Å². The Balaban J connectivity index is 3.02. The van der Waals surface area contributed by atoms with E-state index < -0.39 is 12.2 Å². The monoisotopic (exact) mass is 219 g/mol. The van der Waals surface area contributed by atoms with E-state index in [0.717, 1.165) is 0 Å². The maximum absolute atomic E-state index is 12.4. The van der Waals surface area contributed by atoms with Crippen molar-refractivity contribution in [2.45, 2.75) is 18.8 Å². The molecule has 0 aromatic heterocycles. The van der Waals surface area contributed by atoms with Crippen molar-refractivity contribution < 1.29 is 17.9 Å². The van der Waals surface area contributed by atoms with Crippen LogP contribution in [0.3, 0.4) is 0 Å². The van der Waals surface area contributed by atoms with Crippen LogP contribution in [0.1, 0.15) is 17.2 Å². The van der Waals surface area contributed by atoms with E-state index in [1.54, 1.807) is 12.1 Å². The molecular formula is C10H12F3NO.